The van der Waals surface area contributed by atoms with Crippen LogP contribution in [0.2, 0.25) is 0 Å². The molecule has 3 heteroatoms. The van der Waals surface area contributed by atoms with Gasteiger partial charge in [0.15, 0.2) is 0 Å². The summed E-state index contributed by atoms with van der Waals surface area (Å²) in [5, 5.41) is 0. The van der Waals surface area contributed by atoms with Crippen LogP contribution >= 0.6 is 0 Å². The van der Waals surface area contributed by atoms with Gasteiger partial charge in [-0.2, -0.15) is 0 Å². The molecule has 0 aromatic heterocycles. The van der Waals surface area contributed by atoms with Crippen molar-refractivity contribution >= 4 is 0 Å². The second-order valence-electron chi connectivity index (χ2n) is 4.34. The van der Waals surface area contributed by atoms with Gasteiger partial charge in [-0.05, 0) is 25.1 Å². The van der Waals surface area contributed by atoms with Crippen molar-refractivity contribution in [3.05, 3.63) is 60.2 Å². The molecule has 2 rings (SSSR count). The van der Waals surface area contributed by atoms with Gasteiger partial charge in [0, 0.05) is 11.6 Å². The minimum atomic E-state index is -0.0359. The quantitative estimate of drug-likeness (QED) is 0.808. The van der Waals surface area contributed by atoms with Crippen LogP contribution in [0.15, 0.2) is 54.6 Å². The lowest BCUT2D eigenvalue weighted by molar-refractivity contribution is 0.215. The largest absolute Gasteiger partial charge is 0.490 e. The molecule has 0 aliphatic carbocycles. The van der Waals surface area contributed by atoms with E-state index in [0.29, 0.717) is 13.2 Å². The summed E-state index contributed by atoms with van der Waals surface area (Å²) in [6.45, 7) is 2.96. The molecule has 100 valence electrons. The number of benzene rings is 2. The van der Waals surface area contributed by atoms with Crippen LogP contribution in [0.4, 0.5) is 0 Å². The molecule has 0 fully saturated rings. The van der Waals surface area contributed by atoms with Crippen molar-refractivity contribution in [1.82, 2.24) is 0 Å². The van der Waals surface area contributed by atoms with Gasteiger partial charge < -0.3 is 15.2 Å². The predicted molar refractivity (Wildman–Crippen MR) is 76.5 cm³/mol. The summed E-state index contributed by atoms with van der Waals surface area (Å²) >= 11 is 0. The zero-order valence-electron chi connectivity index (χ0n) is 11.1. The first-order valence-corrected chi connectivity index (χ1v) is 6.42. The molecule has 0 heterocycles. The topological polar surface area (TPSA) is 44.5 Å². The van der Waals surface area contributed by atoms with Crippen molar-refractivity contribution in [2.24, 2.45) is 5.73 Å². The lowest BCUT2D eigenvalue weighted by Crippen LogP contribution is -2.12. The summed E-state index contributed by atoms with van der Waals surface area (Å²) in [4.78, 5) is 0. The Kier molecular flexibility index (Phi) is 4.81. The molecule has 0 saturated carbocycles. The minimum absolute atomic E-state index is 0.0359. The smallest absolute Gasteiger partial charge is 0.124 e. The zero-order chi connectivity index (χ0) is 13.5. The van der Waals surface area contributed by atoms with Gasteiger partial charge in [-0.3, -0.25) is 0 Å². The van der Waals surface area contributed by atoms with Gasteiger partial charge in [0.1, 0.15) is 24.7 Å². The van der Waals surface area contributed by atoms with E-state index in [0.717, 1.165) is 17.1 Å². The van der Waals surface area contributed by atoms with Crippen molar-refractivity contribution in [1.29, 1.82) is 0 Å². The Morgan fingerprint density at radius 1 is 0.895 bits per heavy atom. The molecule has 2 N–H and O–H groups in total. The summed E-state index contributed by atoms with van der Waals surface area (Å²) < 4.78 is 11.3. The fourth-order valence-corrected chi connectivity index (χ4v) is 1.82. The van der Waals surface area contributed by atoms with Crippen LogP contribution in [-0.4, -0.2) is 13.2 Å². The Hall–Kier alpha value is -2.00. The standard InChI is InChI=1S/C16H19NO2/c1-13(17)15-9-5-6-10-16(15)19-12-11-18-14-7-3-2-4-8-14/h2-10,13H,11-12,17H2,1H3. The fourth-order valence-electron chi connectivity index (χ4n) is 1.82. The average molecular weight is 257 g/mol. The minimum Gasteiger partial charge on any atom is -0.490 e. The summed E-state index contributed by atoms with van der Waals surface area (Å²) in [5.74, 6) is 1.68. The number of hydrogen-bond acceptors (Lipinski definition) is 3. The van der Waals surface area contributed by atoms with E-state index in [9.17, 15) is 0 Å². The summed E-state index contributed by atoms with van der Waals surface area (Å²) in [7, 11) is 0. The second kappa shape index (κ2) is 6.81. The van der Waals surface area contributed by atoms with Gasteiger partial charge in [-0.1, -0.05) is 36.4 Å². The van der Waals surface area contributed by atoms with E-state index in [1.165, 1.54) is 0 Å². The molecule has 0 spiro atoms. The highest BCUT2D eigenvalue weighted by Crippen LogP contribution is 2.23. The maximum atomic E-state index is 5.90. The molecule has 1 atom stereocenters. The molecule has 0 amide bonds. The third-order valence-corrected chi connectivity index (χ3v) is 2.76. The Morgan fingerprint density at radius 3 is 2.26 bits per heavy atom. The molecule has 1 unspecified atom stereocenters. The molecule has 0 aliphatic heterocycles. The van der Waals surface area contributed by atoms with Crippen LogP contribution in [0.3, 0.4) is 0 Å². The monoisotopic (exact) mass is 257 g/mol. The Morgan fingerprint density at radius 2 is 1.53 bits per heavy atom. The highest BCUT2D eigenvalue weighted by atomic mass is 16.5. The lowest BCUT2D eigenvalue weighted by Gasteiger charge is -2.14. The van der Waals surface area contributed by atoms with E-state index in [4.69, 9.17) is 15.2 Å². The molecule has 19 heavy (non-hydrogen) atoms. The molecular formula is C16H19NO2. The van der Waals surface area contributed by atoms with Crippen molar-refractivity contribution in [3.8, 4) is 11.5 Å². The third kappa shape index (κ3) is 4.00. The maximum Gasteiger partial charge on any atom is 0.124 e. The highest BCUT2D eigenvalue weighted by Gasteiger charge is 2.06. The average Bonchev–Trinajstić information content (AvgIpc) is 2.45. The first-order valence-electron chi connectivity index (χ1n) is 6.42. The van der Waals surface area contributed by atoms with E-state index in [-0.39, 0.29) is 6.04 Å². The third-order valence-electron chi connectivity index (χ3n) is 2.76. The van der Waals surface area contributed by atoms with Crippen LogP contribution in [0.25, 0.3) is 0 Å². The number of nitrogens with two attached hydrogens (primary N) is 1. The van der Waals surface area contributed by atoms with Gasteiger partial charge in [0.05, 0.1) is 0 Å². The van der Waals surface area contributed by atoms with Gasteiger partial charge in [0.2, 0.25) is 0 Å². The van der Waals surface area contributed by atoms with Crippen molar-refractivity contribution in [2.45, 2.75) is 13.0 Å². The number of rotatable bonds is 6. The van der Waals surface area contributed by atoms with Crippen LogP contribution in [-0.2, 0) is 0 Å². The van der Waals surface area contributed by atoms with Gasteiger partial charge in [-0.25, -0.2) is 0 Å². The first kappa shape index (κ1) is 13.4. The van der Waals surface area contributed by atoms with Crippen molar-refractivity contribution in [2.75, 3.05) is 13.2 Å². The predicted octanol–water partition coefficient (Wildman–Crippen LogP) is 3.16. The van der Waals surface area contributed by atoms with Gasteiger partial charge in [0.25, 0.3) is 0 Å². The summed E-state index contributed by atoms with van der Waals surface area (Å²) in [6, 6.07) is 17.5. The highest BCUT2D eigenvalue weighted by molar-refractivity contribution is 5.35. The number of hydrogen-bond donors (Lipinski definition) is 1. The van der Waals surface area contributed by atoms with Crippen LogP contribution < -0.4 is 15.2 Å². The molecule has 0 radical (unpaired) electrons. The number of para-hydroxylation sites is 2. The summed E-state index contributed by atoms with van der Waals surface area (Å²) in [6.07, 6.45) is 0. The molecule has 2 aromatic rings. The second-order valence-corrected chi connectivity index (χ2v) is 4.34. The molecule has 0 bridgehead atoms. The van der Waals surface area contributed by atoms with Crippen LogP contribution in [0.1, 0.15) is 18.5 Å². The van der Waals surface area contributed by atoms with E-state index in [1.807, 2.05) is 61.5 Å². The molecule has 0 saturated heterocycles. The maximum absolute atomic E-state index is 5.90. The SMILES string of the molecule is CC(N)c1ccccc1OCCOc1ccccc1. The lowest BCUT2D eigenvalue weighted by atomic mass is 10.1. The van der Waals surface area contributed by atoms with Crippen molar-refractivity contribution < 1.29 is 9.47 Å². The van der Waals surface area contributed by atoms with E-state index < -0.39 is 0 Å². The Bertz CT molecular complexity index is 497. The Balaban J connectivity index is 1.83. The zero-order valence-corrected chi connectivity index (χ0v) is 11.1. The molecule has 2 aromatic carbocycles. The molecule has 0 aliphatic rings. The van der Waals surface area contributed by atoms with E-state index in [1.54, 1.807) is 0 Å². The van der Waals surface area contributed by atoms with Crippen LogP contribution in [0.5, 0.6) is 11.5 Å². The Labute approximate surface area is 114 Å². The van der Waals surface area contributed by atoms with Gasteiger partial charge in [-0.15, -0.1) is 0 Å². The fraction of sp³-hybridized carbons (Fsp3) is 0.250. The molecular weight excluding hydrogens is 238 g/mol. The summed E-state index contributed by atoms with van der Waals surface area (Å²) in [5.41, 5.74) is 6.91. The van der Waals surface area contributed by atoms with Gasteiger partial charge >= 0.3 is 0 Å². The number of ether oxygens (including phenoxy) is 2. The van der Waals surface area contributed by atoms with E-state index >= 15 is 0 Å². The van der Waals surface area contributed by atoms with E-state index in [2.05, 4.69) is 0 Å². The van der Waals surface area contributed by atoms with Crippen LogP contribution in [0, 0.1) is 0 Å². The molecule has 3 nitrogen and oxygen atoms in total. The first-order chi connectivity index (χ1) is 9.27. The normalized spacial score (nSPS) is 11.9. The van der Waals surface area contributed by atoms with Crippen molar-refractivity contribution in [3.63, 3.8) is 0 Å².